The van der Waals surface area contributed by atoms with Gasteiger partial charge in [-0.2, -0.15) is 9.29 Å². The Labute approximate surface area is 180 Å². The Morgan fingerprint density at radius 1 is 1.13 bits per heavy atom. The van der Waals surface area contributed by atoms with Crippen LogP contribution in [0, 0.1) is 0 Å². The molecule has 1 heterocycles. The lowest BCUT2D eigenvalue weighted by molar-refractivity contribution is -0.134. The summed E-state index contributed by atoms with van der Waals surface area (Å²) >= 11 is 5.99. The lowest BCUT2D eigenvalue weighted by Gasteiger charge is -2.29. The van der Waals surface area contributed by atoms with Gasteiger partial charge in [-0.15, -0.1) is 0 Å². The molecule has 0 aliphatic carbocycles. The SMILES string of the molecule is CN(Cc1nc(-c2cccc(Cl)c2)no1)C(=O)[C@H](c1ccccc1)N(C)S(C)(=O)=O. The summed E-state index contributed by atoms with van der Waals surface area (Å²) in [5.74, 6) is 0.146. The number of halogens is 1. The molecule has 10 heteroatoms. The van der Waals surface area contributed by atoms with E-state index in [0.717, 1.165) is 10.6 Å². The summed E-state index contributed by atoms with van der Waals surface area (Å²) in [5, 5.41) is 4.47. The van der Waals surface area contributed by atoms with Gasteiger partial charge in [0.15, 0.2) is 0 Å². The molecule has 0 aliphatic rings. The standard InChI is InChI=1S/C20H21ClN4O4S/c1-24(13-17-22-19(23-29-17)15-10-7-11-16(21)12-15)20(26)18(25(2)30(3,27)28)14-8-5-4-6-9-14/h4-12,18H,13H2,1-3H3/t18-/m0/s1. The maximum absolute atomic E-state index is 13.2. The normalized spacial score (nSPS) is 12.7. The number of hydrogen-bond donors (Lipinski definition) is 0. The van der Waals surface area contributed by atoms with Crippen molar-refractivity contribution in [1.29, 1.82) is 0 Å². The first-order valence-corrected chi connectivity index (χ1v) is 11.2. The van der Waals surface area contributed by atoms with Gasteiger partial charge in [0.25, 0.3) is 0 Å². The number of rotatable bonds is 7. The van der Waals surface area contributed by atoms with Crippen molar-refractivity contribution in [2.24, 2.45) is 0 Å². The predicted octanol–water partition coefficient (Wildman–Crippen LogP) is 2.98. The fraction of sp³-hybridized carbons (Fsp3) is 0.250. The Hall–Kier alpha value is -2.75. The number of nitrogens with zero attached hydrogens (tertiary/aromatic N) is 4. The number of likely N-dealkylation sites (N-methyl/N-ethyl adjacent to an activating group) is 2. The highest BCUT2D eigenvalue weighted by Crippen LogP contribution is 2.25. The summed E-state index contributed by atoms with van der Waals surface area (Å²) in [7, 11) is -0.685. The maximum Gasteiger partial charge on any atom is 0.246 e. The number of hydrogen-bond acceptors (Lipinski definition) is 6. The van der Waals surface area contributed by atoms with E-state index < -0.39 is 22.0 Å². The van der Waals surface area contributed by atoms with Crippen LogP contribution in [0.15, 0.2) is 59.1 Å². The third-order valence-corrected chi connectivity index (χ3v) is 6.03. The van der Waals surface area contributed by atoms with Gasteiger partial charge in [-0.1, -0.05) is 59.2 Å². The molecular formula is C20H21ClN4O4S. The summed E-state index contributed by atoms with van der Waals surface area (Å²) < 4.78 is 30.6. The van der Waals surface area contributed by atoms with Crippen LogP contribution in [0.2, 0.25) is 5.02 Å². The van der Waals surface area contributed by atoms with Crippen LogP contribution in [0.3, 0.4) is 0 Å². The van der Waals surface area contributed by atoms with Crippen LogP contribution in [-0.4, -0.2) is 54.0 Å². The molecule has 1 atom stereocenters. The Kier molecular flexibility index (Phi) is 6.55. The highest BCUT2D eigenvalue weighted by atomic mass is 35.5. The minimum absolute atomic E-state index is 0.0212. The molecule has 158 valence electrons. The fourth-order valence-corrected chi connectivity index (χ4v) is 3.67. The molecule has 1 aromatic heterocycles. The van der Waals surface area contributed by atoms with E-state index >= 15 is 0 Å². The van der Waals surface area contributed by atoms with Crippen LogP contribution in [0.1, 0.15) is 17.5 Å². The van der Waals surface area contributed by atoms with Gasteiger partial charge in [-0.25, -0.2) is 8.42 Å². The van der Waals surface area contributed by atoms with Gasteiger partial charge >= 0.3 is 0 Å². The lowest BCUT2D eigenvalue weighted by Crippen LogP contribution is -2.41. The predicted molar refractivity (Wildman–Crippen MR) is 113 cm³/mol. The van der Waals surface area contributed by atoms with E-state index in [1.807, 2.05) is 0 Å². The highest BCUT2D eigenvalue weighted by Gasteiger charge is 2.33. The Morgan fingerprint density at radius 3 is 2.47 bits per heavy atom. The van der Waals surface area contributed by atoms with Gasteiger partial charge in [-0.05, 0) is 17.7 Å². The number of benzene rings is 2. The van der Waals surface area contributed by atoms with Crippen molar-refractivity contribution in [1.82, 2.24) is 19.3 Å². The first-order valence-electron chi connectivity index (χ1n) is 8.98. The Morgan fingerprint density at radius 2 is 1.83 bits per heavy atom. The first-order chi connectivity index (χ1) is 14.2. The van der Waals surface area contributed by atoms with E-state index in [2.05, 4.69) is 10.1 Å². The molecule has 0 fully saturated rings. The molecule has 1 amide bonds. The second-order valence-corrected chi connectivity index (χ2v) is 9.29. The van der Waals surface area contributed by atoms with Crippen molar-refractivity contribution >= 4 is 27.5 Å². The lowest BCUT2D eigenvalue weighted by atomic mass is 10.1. The number of sulfonamides is 1. The third kappa shape index (κ3) is 5.05. The van der Waals surface area contributed by atoms with Gasteiger partial charge in [0.2, 0.25) is 27.6 Å². The molecule has 8 nitrogen and oxygen atoms in total. The Balaban J connectivity index is 1.82. The van der Waals surface area contributed by atoms with Crippen LogP contribution in [0.25, 0.3) is 11.4 Å². The highest BCUT2D eigenvalue weighted by molar-refractivity contribution is 7.88. The molecule has 0 bridgehead atoms. The summed E-state index contributed by atoms with van der Waals surface area (Å²) in [6.07, 6.45) is 1.06. The van der Waals surface area contributed by atoms with E-state index in [-0.39, 0.29) is 12.4 Å². The van der Waals surface area contributed by atoms with E-state index in [1.165, 1.54) is 11.9 Å². The van der Waals surface area contributed by atoms with Crippen molar-refractivity contribution in [2.75, 3.05) is 20.4 Å². The summed E-state index contributed by atoms with van der Waals surface area (Å²) in [6.45, 7) is 0.0212. The summed E-state index contributed by atoms with van der Waals surface area (Å²) in [6, 6.07) is 14.7. The number of aromatic nitrogens is 2. The minimum Gasteiger partial charge on any atom is -0.337 e. The van der Waals surface area contributed by atoms with E-state index in [4.69, 9.17) is 16.1 Å². The number of amides is 1. The van der Waals surface area contributed by atoms with Crippen LogP contribution in [0.4, 0.5) is 0 Å². The third-order valence-electron chi connectivity index (χ3n) is 4.54. The fourth-order valence-electron chi connectivity index (χ4n) is 2.89. The van der Waals surface area contributed by atoms with E-state index in [9.17, 15) is 13.2 Å². The average Bonchev–Trinajstić information content (AvgIpc) is 3.16. The second kappa shape index (κ2) is 8.95. The van der Waals surface area contributed by atoms with Gasteiger partial charge < -0.3 is 9.42 Å². The van der Waals surface area contributed by atoms with Crippen LogP contribution in [-0.2, 0) is 21.4 Å². The minimum atomic E-state index is -3.62. The molecule has 0 spiro atoms. The van der Waals surface area contributed by atoms with Crippen LogP contribution >= 0.6 is 11.6 Å². The quantitative estimate of drug-likeness (QED) is 0.551. The van der Waals surface area contributed by atoms with Crippen molar-refractivity contribution in [2.45, 2.75) is 12.6 Å². The number of carbonyl (C=O) groups is 1. The van der Waals surface area contributed by atoms with Crippen LogP contribution < -0.4 is 0 Å². The zero-order valence-corrected chi connectivity index (χ0v) is 18.3. The summed E-state index contributed by atoms with van der Waals surface area (Å²) in [4.78, 5) is 18.8. The van der Waals surface area contributed by atoms with Crippen molar-refractivity contribution in [3.8, 4) is 11.4 Å². The molecule has 0 aliphatic heterocycles. The Bertz CT molecular complexity index is 1130. The maximum atomic E-state index is 13.2. The second-order valence-electron chi connectivity index (χ2n) is 6.81. The van der Waals surface area contributed by atoms with Gasteiger partial charge in [0.05, 0.1) is 12.8 Å². The molecular weight excluding hydrogens is 428 g/mol. The average molecular weight is 449 g/mol. The van der Waals surface area contributed by atoms with Crippen molar-refractivity contribution in [3.05, 3.63) is 71.1 Å². The molecule has 30 heavy (non-hydrogen) atoms. The molecule has 2 aromatic carbocycles. The summed E-state index contributed by atoms with van der Waals surface area (Å²) in [5.41, 5.74) is 1.25. The molecule has 0 radical (unpaired) electrons. The molecule has 3 aromatic rings. The van der Waals surface area contributed by atoms with Crippen molar-refractivity contribution in [3.63, 3.8) is 0 Å². The zero-order valence-electron chi connectivity index (χ0n) is 16.7. The van der Waals surface area contributed by atoms with Crippen molar-refractivity contribution < 1.29 is 17.7 Å². The van der Waals surface area contributed by atoms with Crippen LogP contribution in [0.5, 0.6) is 0 Å². The van der Waals surface area contributed by atoms with Gasteiger partial charge in [0, 0.05) is 24.7 Å². The largest absolute Gasteiger partial charge is 0.337 e. The molecule has 0 saturated heterocycles. The first kappa shape index (κ1) is 21.9. The molecule has 3 rings (SSSR count). The zero-order chi connectivity index (χ0) is 21.9. The number of carbonyl (C=O) groups excluding carboxylic acids is 1. The smallest absolute Gasteiger partial charge is 0.246 e. The topological polar surface area (TPSA) is 96.6 Å². The molecule has 0 unspecified atom stereocenters. The molecule has 0 N–H and O–H groups in total. The van der Waals surface area contributed by atoms with Gasteiger partial charge in [-0.3, -0.25) is 4.79 Å². The van der Waals surface area contributed by atoms with E-state index in [1.54, 1.807) is 61.6 Å². The monoisotopic (exact) mass is 448 g/mol. The van der Waals surface area contributed by atoms with Gasteiger partial charge in [0.1, 0.15) is 6.04 Å². The van der Waals surface area contributed by atoms with E-state index in [0.29, 0.717) is 22.0 Å². The molecule has 0 saturated carbocycles.